The number of aliphatic imine (C=N–C) groups is 1. The summed E-state index contributed by atoms with van der Waals surface area (Å²) in [5.74, 6) is 2.48. The van der Waals surface area contributed by atoms with Gasteiger partial charge in [0.2, 0.25) is 10.0 Å². The molecule has 0 saturated carbocycles. The molecule has 1 fully saturated rings. The fourth-order valence-corrected chi connectivity index (χ4v) is 3.96. The van der Waals surface area contributed by atoms with Crippen LogP contribution in [0.3, 0.4) is 0 Å². The topological polar surface area (TPSA) is 87.8 Å². The molecular formula is C19H33IN4O2S. The Hall–Kier alpha value is -0.870. The van der Waals surface area contributed by atoms with Crippen LogP contribution < -0.4 is 10.5 Å². The third kappa shape index (κ3) is 7.95. The van der Waals surface area contributed by atoms with Crippen molar-refractivity contribution in [2.24, 2.45) is 22.0 Å². The van der Waals surface area contributed by atoms with Crippen molar-refractivity contribution in [2.45, 2.75) is 44.9 Å². The molecule has 1 heterocycles. The lowest BCUT2D eigenvalue weighted by atomic mass is 9.97. The van der Waals surface area contributed by atoms with E-state index in [1.54, 1.807) is 24.3 Å². The fourth-order valence-electron chi connectivity index (χ4n) is 3.45. The van der Waals surface area contributed by atoms with E-state index < -0.39 is 10.0 Å². The van der Waals surface area contributed by atoms with Gasteiger partial charge in [-0.1, -0.05) is 26.0 Å². The predicted molar refractivity (Wildman–Crippen MR) is 122 cm³/mol. The molecule has 0 radical (unpaired) electrons. The molecule has 1 aliphatic rings. The van der Waals surface area contributed by atoms with E-state index in [-0.39, 0.29) is 28.9 Å². The lowest BCUT2D eigenvalue weighted by molar-refractivity contribution is 0.403. The maximum Gasteiger partial charge on any atom is 0.238 e. The Labute approximate surface area is 181 Å². The summed E-state index contributed by atoms with van der Waals surface area (Å²) in [6.07, 6.45) is 3.27. The number of rotatable bonds is 7. The average Bonchev–Trinajstić information content (AvgIpc) is 3.01. The zero-order chi connectivity index (χ0) is 19.2. The van der Waals surface area contributed by atoms with E-state index in [0.717, 1.165) is 49.4 Å². The van der Waals surface area contributed by atoms with Gasteiger partial charge in [0.15, 0.2) is 5.96 Å². The minimum atomic E-state index is -3.63. The van der Waals surface area contributed by atoms with Crippen molar-refractivity contribution in [3.05, 3.63) is 29.8 Å². The highest BCUT2D eigenvalue weighted by molar-refractivity contribution is 14.0. The summed E-state index contributed by atoms with van der Waals surface area (Å²) in [6, 6.07) is 6.71. The Bertz CT molecular complexity index is 705. The van der Waals surface area contributed by atoms with E-state index in [1.807, 2.05) is 0 Å². The van der Waals surface area contributed by atoms with E-state index in [2.05, 4.69) is 31.0 Å². The van der Waals surface area contributed by atoms with Gasteiger partial charge in [-0.3, -0.25) is 4.99 Å². The summed E-state index contributed by atoms with van der Waals surface area (Å²) < 4.78 is 22.6. The number of nitrogens with one attached hydrogen (secondary N) is 1. The van der Waals surface area contributed by atoms with Crippen molar-refractivity contribution in [1.29, 1.82) is 0 Å². The summed E-state index contributed by atoms with van der Waals surface area (Å²) >= 11 is 0. The number of primary sulfonamides is 1. The van der Waals surface area contributed by atoms with Crippen molar-refractivity contribution in [1.82, 2.24) is 10.2 Å². The zero-order valence-electron chi connectivity index (χ0n) is 16.5. The summed E-state index contributed by atoms with van der Waals surface area (Å²) in [4.78, 5) is 7.27. The van der Waals surface area contributed by atoms with Crippen LogP contribution in [-0.4, -0.2) is 45.5 Å². The van der Waals surface area contributed by atoms with Crippen LogP contribution in [0.25, 0.3) is 0 Å². The van der Waals surface area contributed by atoms with Crippen LogP contribution in [0.2, 0.25) is 0 Å². The minimum Gasteiger partial charge on any atom is -0.357 e. The fraction of sp³-hybridized carbons (Fsp3) is 0.632. The van der Waals surface area contributed by atoms with Crippen LogP contribution in [0, 0.1) is 11.8 Å². The lowest BCUT2D eigenvalue weighted by Gasteiger charge is -2.22. The van der Waals surface area contributed by atoms with Gasteiger partial charge in [0.1, 0.15) is 0 Å². The summed E-state index contributed by atoms with van der Waals surface area (Å²) in [5, 5.41) is 8.52. The van der Waals surface area contributed by atoms with Gasteiger partial charge in [-0.25, -0.2) is 13.6 Å². The smallest absolute Gasteiger partial charge is 0.238 e. The van der Waals surface area contributed by atoms with Gasteiger partial charge < -0.3 is 10.2 Å². The van der Waals surface area contributed by atoms with E-state index in [1.165, 1.54) is 12.8 Å². The number of nitrogens with zero attached hydrogens (tertiary/aromatic N) is 2. The van der Waals surface area contributed by atoms with Gasteiger partial charge in [-0.15, -0.1) is 24.0 Å². The van der Waals surface area contributed by atoms with Crippen molar-refractivity contribution in [3.63, 3.8) is 0 Å². The highest BCUT2D eigenvalue weighted by Crippen LogP contribution is 2.23. The quantitative estimate of drug-likeness (QED) is 0.337. The second-order valence-corrected chi connectivity index (χ2v) is 8.97. The largest absolute Gasteiger partial charge is 0.357 e. The minimum absolute atomic E-state index is 0. The molecule has 1 unspecified atom stereocenters. The maximum atomic E-state index is 11.3. The summed E-state index contributed by atoms with van der Waals surface area (Å²) in [6.45, 7) is 10.3. The molecule has 0 amide bonds. The lowest BCUT2D eigenvalue weighted by Crippen LogP contribution is -2.40. The van der Waals surface area contributed by atoms with Crippen molar-refractivity contribution >= 4 is 40.0 Å². The first-order valence-electron chi connectivity index (χ1n) is 9.44. The Morgan fingerprint density at radius 3 is 2.56 bits per heavy atom. The number of hydrogen-bond donors (Lipinski definition) is 2. The first-order valence-corrected chi connectivity index (χ1v) is 11.0. The normalized spacial score (nSPS) is 17.9. The number of benzene rings is 1. The molecule has 1 aliphatic heterocycles. The van der Waals surface area contributed by atoms with Crippen LogP contribution in [0.15, 0.2) is 34.2 Å². The number of nitrogens with two attached hydrogens (primary N) is 1. The van der Waals surface area contributed by atoms with Gasteiger partial charge in [0.25, 0.3) is 0 Å². The van der Waals surface area contributed by atoms with Gasteiger partial charge in [-0.05, 0) is 55.7 Å². The second kappa shape index (κ2) is 11.2. The standard InChI is InChI=1S/C19H32N4O2S.HI/c1-4-21-19(23-12-10-17(14-23)13-15(2)3)22-11-9-16-5-7-18(8-6-16)26(20,24)25;/h5-8,15,17H,4,9-14H2,1-3H3,(H,21,22)(H2,20,24,25);1H. The molecule has 154 valence electrons. The molecule has 0 aromatic heterocycles. The van der Waals surface area contributed by atoms with E-state index in [9.17, 15) is 8.42 Å². The molecule has 1 aromatic rings. The van der Waals surface area contributed by atoms with Crippen LogP contribution in [0.4, 0.5) is 0 Å². The second-order valence-electron chi connectivity index (χ2n) is 7.40. The van der Waals surface area contributed by atoms with Crippen LogP contribution in [0.5, 0.6) is 0 Å². The average molecular weight is 508 g/mol. The van der Waals surface area contributed by atoms with Crippen LogP contribution >= 0.6 is 24.0 Å². The molecule has 27 heavy (non-hydrogen) atoms. The zero-order valence-corrected chi connectivity index (χ0v) is 19.7. The number of halogens is 1. The molecular weight excluding hydrogens is 475 g/mol. The van der Waals surface area contributed by atoms with Crippen molar-refractivity contribution in [2.75, 3.05) is 26.2 Å². The first kappa shape index (κ1) is 24.2. The van der Waals surface area contributed by atoms with Crippen molar-refractivity contribution < 1.29 is 8.42 Å². The highest BCUT2D eigenvalue weighted by Gasteiger charge is 2.25. The van der Waals surface area contributed by atoms with Crippen molar-refractivity contribution in [3.8, 4) is 0 Å². The number of sulfonamides is 1. The molecule has 0 aliphatic carbocycles. The number of hydrogen-bond acceptors (Lipinski definition) is 3. The SMILES string of the molecule is CCNC(=NCCc1ccc(S(N)(=O)=O)cc1)N1CCC(CC(C)C)C1.I. The molecule has 3 N–H and O–H groups in total. The van der Waals surface area contributed by atoms with E-state index in [0.29, 0.717) is 6.54 Å². The summed E-state index contributed by atoms with van der Waals surface area (Å²) in [7, 11) is -3.63. The third-order valence-electron chi connectivity index (χ3n) is 4.64. The number of guanidine groups is 1. The molecule has 2 rings (SSSR count). The molecule has 8 heteroatoms. The van der Waals surface area contributed by atoms with E-state index >= 15 is 0 Å². The van der Waals surface area contributed by atoms with Crippen LogP contribution in [0.1, 0.15) is 39.2 Å². The Kier molecular flexibility index (Phi) is 10.0. The molecule has 1 aromatic carbocycles. The van der Waals surface area contributed by atoms with Gasteiger partial charge in [0.05, 0.1) is 4.90 Å². The predicted octanol–water partition coefficient (Wildman–Crippen LogP) is 2.83. The van der Waals surface area contributed by atoms with Gasteiger partial charge in [0, 0.05) is 26.2 Å². The monoisotopic (exact) mass is 508 g/mol. The Morgan fingerprint density at radius 1 is 1.33 bits per heavy atom. The maximum absolute atomic E-state index is 11.3. The Balaban J connectivity index is 0.00000364. The van der Waals surface area contributed by atoms with Gasteiger partial charge in [-0.2, -0.15) is 0 Å². The Morgan fingerprint density at radius 2 is 2.00 bits per heavy atom. The van der Waals surface area contributed by atoms with Gasteiger partial charge >= 0.3 is 0 Å². The van der Waals surface area contributed by atoms with Crippen LogP contribution in [-0.2, 0) is 16.4 Å². The molecule has 1 saturated heterocycles. The first-order chi connectivity index (χ1) is 12.3. The highest BCUT2D eigenvalue weighted by atomic mass is 127. The molecule has 0 spiro atoms. The number of likely N-dealkylation sites (tertiary alicyclic amines) is 1. The molecule has 6 nitrogen and oxygen atoms in total. The third-order valence-corrected chi connectivity index (χ3v) is 5.57. The summed E-state index contributed by atoms with van der Waals surface area (Å²) in [5.41, 5.74) is 1.05. The van der Waals surface area contributed by atoms with E-state index in [4.69, 9.17) is 10.1 Å². The molecule has 0 bridgehead atoms. The molecule has 1 atom stereocenters.